The van der Waals surface area contributed by atoms with Crippen LogP contribution in [-0.4, -0.2) is 48.5 Å². The summed E-state index contributed by atoms with van der Waals surface area (Å²) in [6.07, 6.45) is 0.722. The molecule has 0 saturated carbocycles. The number of hydrogen-bond donors (Lipinski definition) is 0. The molecule has 2 aliphatic rings. The summed E-state index contributed by atoms with van der Waals surface area (Å²) in [5, 5.41) is 0.450. The third kappa shape index (κ3) is 3.94. The van der Waals surface area contributed by atoms with Crippen molar-refractivity contribution in [3.8, 4) is 5.75 Å². The first-order valence-electron chi connectivity index (χ1n) is 9.26. The van der Waals surface area contributed by atoms with Crippen molar-refractivity contribution in [3.63, 3.8) is 0 Å². The Hall–Kier alpha value is -2.11. The molecule has 0 N–H and O–H groups in total. The molecule has 2 aromatic carbocycles. The second-order valence-electron chi connectivity index (χ2n) is 7.12. The van der Waals surface area contributed by atoms with Gasteiger partial charge in [-0.25, -0.2) is 4.39 Å². The van der Waals surface area contributed by atoms with Gasteiger partial charge in [0.1, 0.15) is 18.2 Å². The number of amides is 1. The van der Waals surface area contributed by atoms with Gasteiger partial charge < -0.3 is 9.64 Å². The van der Waals surface area contributed by atoms with E-state index in [1.165, 1.54) is 6.07 Å². The first-order chi connectivity index (χ1) is 13.1. The van der Waals surface area contributed by atoms with Crippen molar-refractivity contribution >= 4 is 17.5 Å². The van der Waals surface area contributed by atoms with Gasteiger partial charge >= 0.3 is 0 Å². The van der Waals surface area contributed by atoms with Crippen molar-refractivity contribution in [3.05, 3.63) is 64.4 Å². The second kappa shape index (κ2) is 7.87. The first-order valence-corrected chi connectivity index (χ1v) is 9.64. The van der Waals surface area contributed by atoms with Gasteiger partial charge in [-0.05, 0) is 30.2 Å². The zero-order valence-corrected chi connectivity index (χ0v) is 15.8. The summed E-state index contributed by atoms with van der Waals surface area (Å²) in [5.41, 5.74) is 1.62. The van der Waals surface area contributed by atoms with E-state index in [1.807, 2.05) is 29.2 Å². The minimum atomic E-state index is -0.279. The molecule has 142 valence electrons. The van der Waals surface area contributed by atoms with Crippen LogP contribution in [0.25, 0.3) is 0 Å². The third-order valence-corrected chi connectivity index (χ3v) is 5.71. The number of piperazine rings is 1. The molecule has 2 aliphatic heterocycles. The Kier molecular flexibility index (Phi) is 5.32. The number of nitrogens with zero attached hydrogens (tertiary/aromatic N) is 2. The molecule has 0 bridgehead atoms. The molecule has 4 rings (SSSR count). The van der Waals surface area contributed by atoms with Crippen LogP contribution in [0.2, 0.25) is 5.02 Å². The summed E-state index contributed by atoms with van der Waals surface area (Å²) in [7, 11) is 0. The highest BCUT2D eigenvalue weighted by Gasteiger charge is 2.31. The third-order valence-electron chi connectivity index (χ3n) is 5.36. The lowest BCUT2D eigenvalue weighted by Crippen LogP contribution is -2.51. The molecule has 27 heavy (non-hydrogen) atoms. The van der Waals surface area contributed by atoms with Crippen molar-refractivity contribution in [2.45, 2.75) is 13.0 Å². The highest BCUT2D eigenvalue weighted by Crippen LogP contribution is 2.28. The molecular formula is C21H22ClFN2O2. The summed E-state index contributed by atoms with van der Waals surface area (Å²) in [6.45, 7) is 3.60. The average molecular weight is 389 g/mol. The van der Waals surface area contributed by atoms with Crippen LogP contribution >= 0.6 is 11.6 Å². The van der Waals surface area contributed by atoms with Gasteiger partial charge in [0.25, 0.3) is 0 Å². The minimum Gasteiger partial charge on any atom is -0.492 e. The van der Waals surface area contributed by atoms with Crippen LogP contribution in [0.3, 0.4) is 0 Å². The predicted molar refractivity (Wildman–Crippen MR) is 102 cm³/mol. The molecule has 4 nitrogen and oxygen atoms in total. The fraction of sp³-hybridized carbons (Fsp3) is 0.381. The van der Waals surface area contributed by atoms with Crippen molar-refractivity contribution in [2.24, 2.45) is 5.92 Å². The van der Waals surface area contributed by atoms with Gasteiger partial charge in [-0.2, -0.15) is 0 Å². The summed E-state index contributed by atoms with van der Waals surface area (Å²) < 4.78 is 19.7. The van der Waals surface area contributed by atoms with Crippen LogP contribution < -0.4 is 4.74 Å². The van der Waals surface area contributed by atoms with Crippen molar-refractivity contribution in [2.75, 3.05) is 32.8 Å². The van der Waals surface area contributed by atoms with E-state index in [9.17, 15) is 9.18 Å². The largest absolute Gasteiger partial charge is 0.492 e. The van der Waals surface area contributed by atoms with Gasteiger partial charge in [-0.15, -0.1) is 0 Å². The molecule has 0 aromatic heterocycles. The van der Waals surface area contributed by atoms with Crippen molar-refractivity contribution in [1.82, 2.24) is 9.80 Å². The van der Waals surface area contributed by atoms with E-state index in [2.05, 4.69) is 4.90 Å². The monoisotopic (exact) mass is 388 g/mol. The molecule has 2 aromatic rings. The molecule has 2 heterocycles. The second-order valence-corrected chi connectivity index (χ2v) is 7.53. The van der Waals surface area contributed by atoms with Crippen molar-refractivity contribution in [1.29, 1.82) is 0 Å². The van der Waals surface area contributed by atoms with Crippen LogP contribution in [-0.2, 0) is 17.8 Å². The van der Waals surface area contributed by atoms with E-state index in [1.54, 1.807) is 12.1 Å². The fourth-order valence-corrected chi connectivity index (χ4v) is 4.00. The van der Waals surface area contributed by atoms with Gasteiger partial charge in [0.2, 0.25) is 5.91 Å². The van der Waals surface area contributed by atoms with Crippen LogP contribution in [0.15, 0.2) is 42.5 Å². The Morgan fingerprint density at radius 1 is 1.11 bits per heavy atom. The number of fused-ring (bicyclic) bond motifs is 1. The summed E-state index contributed by atoms with van der Waals surface area (Å²) >= 11 is 6.13. The van der Waals surface area contributed by atoms with Crippen molar-refractivity contribution < 1.29 is 13.9 Å². The number of carbonyl (C=O) groups is 1. The lowest BCUT2D eigenvalue weighted by Gasteiger charge is -2.37. The standard InChI is InChI=1S/C21H22ClFN2O2/c22-18-5-3-6-19(23)17(18)13-24-8-10-25(11-9-24)21(26)16-12-15-4-1-2-7-20(15)27-14-16/h1-7,16H,8-14H2. The molecule has 1 saturated heterocycles. The lowest BCUT2D eigenvalue weighted by molar-refractivity contribution is -0.138. The highest BCUT2D eigenvalue weighted by molar-refractivity contribution is 6.31. The van der Waals surface area contributed by atoms with Crippen LogP contribution in [0.4, 0.5) is 4.39 Å². The summed E-state index contributed by atoms with van der Waals surface area (Å²) in [5.74, 6) is 0.618. The Balaban J connectivity index is 1.33. The van der Waals surface area contributed by atoms with Gasteiger partial charge in [0.15, 0.2) is 0 Å². The molecule has 0 aliphatic carbocycles. The minimum absolute atomic E-state index is 0.132. The summed E-state index contributed by atoms with van der Waals surface area (Å²) in [4.78, 5) is 16.9. The van der Waals surface area contributed by atoms with Crippen LogP contribution in [0.5, 0.6) is 5.75 Å². The van der Waals surface area contributed by atoms with Gasteiger partial charge in [0.05, 0.1) is 5.92 Å². The van der Waals surface area contributed by atoms with E-state index < -0.39 is 0 Å². The van der Waals surface area contributed by atoms with E-state index in [-0.39, 0.29) is 17.6 Å². The maximum Gasteiger partial charge on any atom is 0.229 e. The number of halogens is 2. The van der Waals surface area contributed by atoms with Crippen LogP contribution in [0.1, 0.15) is 11.1 Å². The maximum atomic E-state index is 14.0. The molecule has 1 unspecified atom stereocenters. The van der Waals surface area contributed by atoms with Gasteiger partial charge in [-0.3, -0.25) is 9.69 Å². The van der Waals surface area contributed by atoms with E-state index >= 15 is 0 Å². The topological polar surface area (TPSA) is 32.8 Å². The number of rotatable bonds is 3. The molecule has 1 fully saturated rings. The number of carbonyl (C=O) groups excluding carboxylic acids is 1. The van der Waals surface area contributed by atoms with Gasteiger partial charge in [0, 0.05) is 43.3 Å². The number of ether oxygens (including phenoxy) is 1. The van der Waals surface area contributed by atoms with Crippen LogP contribution in [0, 0.1) is 11.7 Å². The Morgan fingerprint density at radius 2 is 1.89 bits per heavy atom. The molecule has 0 spiro atoms. The molecule has 1 amide bonds. The normalized spacial score (nSPS) is 20.1. The molecular weight excluding hydrogens is 367 g/mol. The molecule has 1 atom stereocenters. The number of para-hydroxylation sites is 1. The van der Waals surface area contributed by atoms with Gasteiger partial charge in [-0.1, -0.05) is 35.9 Å². The molecule has 0 radical (unpaired) electrons. The van der Waals surface area contributed by atoms with E-state index in [4.69, 9.17) is 16.3 Å². The van der Waals surface area contributed by atoms with E-state index in [0.29, 0.717) is 49.9 Å². The lowest BCUT2D eigenvalue weighted by atomic mass is 9.95. The highest BCUT2D eigenvalue weighted by atomic mass is 35.5. The Bertz CT molecular complexity index is 816. The molecule has 6 heteroatoms. The zero-order valence-electron chi connectivity index (χ0n) is 15.0. The fourth-order valence-electron chi connectivity index (χ4n) is 3.78. The first kappa shape index (κ1) is 18.3. The zero-order chi connectivity index (χ0) is 18.8. The quantitative estimate of drug-likeness (QED) is 0.808. The smallest absolute Gasteiger partial charge is 0.229 e. The average Bonchev–Trinajstić information content (AvgIpc) is 2.70. The Morgan fingerprint density at radius 3 is 2.67 bits per heavy atom. The number of benzene rings is 2. The van der Waals surface area contributed by atoms with E-state index in [0.717, 1.165) is 17.7 Å². The maximum absolute atomic E-state index is 14.0. The SMILES string of the molecule is O=C(C1COc2ccccc2C1)N1CCN(Cc2c(F)cccc2Cl)CC1. The predicted octanol–water partition coefficient (Wildman–Crippen LogP) is 3.37. The number of hydrogen-bond acceptors (Lipinski definition) is 3. The Labute approximate surface area is 163 Å². The summed E-state index contributed by atoms with van der Waals surface area (Å²) in [6, 6.07) is 12.6.